The van der Waals surface area contributed by atoms with Gasteiger partial charge in [-0.25, -0.2) is 4.99 Å². The van der Waals surface area contributed by atoms with E-state index in [0.29, 0.717) is 0 Å². The molecule has 3 nitrogen and oxygen atoms in total. The molecule has 1 aliphatic rings. The standard InChI is InChI=1S/C39H28N2OS/c1-3-4-17-34-37(39-40-38(25-12-6-5-7-13-25)29-15-8-10-16-32(29)41(39)2)31-24-26(19-21-33(31)42-34)27-20-22-36-30(23-27)28-14-9-11-18-35(28)43-36/h3-24H,1-2H3/b4-3-,34-17+,39-37-. The average Bonchev–Trinajstić information content (AvgIpc) is 3.62. The molecular formula is C39H28N2OS. The van der Waals surface area contributed by atoms with E-state index < -0.39 is 0 Å². The van der Waals surface area contributed by atoms with Gasteiger partial charge in [-0.1, -0.05) is 91.0 Å². The lowest BCUT2D eigenvalue weighted by Crippen LogP contribution is -2.33. The monoisotopic (exact) mass is 572 g/mol. The third-order valence-corrected chi connectivity index (χ3v) is 9.34. The molecule has 2 aromatic heterocycles. The first kappa shape index (κ1) is 25.5. The molecule has 3 heterocycles. The molecule has 8 rings (SSSR count). The van der Waals surface area contributed by atoms with Gasteiger partial charge in [0.25, 0.3) is 0 Å². The lowest BCUT2D eigenvalue weighted by molar-refractivity contribution is 0.575. The summed E-state index contributed by atoms with van der Waals surface area (Å²) in [5.74, 6) is 0.864. The number of furan rings is 1. The van der Waals surface area contributed by atoms with Crippen LogP contribution in [0.25, 0.3) is 54.2 Å². The number of para-hydroxylation sites is 1. The van der Waals surface area contributed by atoms with Crippen molar-refractivity contribution in [2.24, 2.45) is 4.99 Å². The molecule has 0 saturated carbocycles. The minimum atomic E-state index is 0.793. The summed E-state index contributed by atoms with van der Waals surface area (Å²) in [6.45, 7) is 2.02. The summed E-state index contributed by atoms with van der Waals surface area (Å²) in [5, 5.41) is 4.63. The molecule has 206 valence electrons. The molecule has 0 aliphatic carbocycles. The van der Waals surface area contributed by atoms with Crippen molar-refractivity contribution in [2.75, 3.05) is 11.9 Å². The highest BCUT2D eigenvalue weighted by Gasteiger charge is 2.24. The van der Waals surface area contributed by atoms with E-state index in [1.807, 2.05) is 42.6 Å². The van der Waals surface area contributed by atoms with Crippen molar-refractivity contribution in [3.63, 3.8) is 0 Å². The molecule has 0 unspecified atom stereocenters. The molecule has 0 atom stereocenters. The van der Waals surface area contributed by atoms with Crippen molar-refractivity contribution in [1.82, 2.24) is 0 Å². The van der Waals surface area contributed by atoms with Gasteiger partial charge in [0.1, 0.15) is 16.8 Å². The first-order valence-electron chi connectivity index (χ1n) is 14.5. The van der Waals surface area contributed by atoms with Crippen LogP contribution in [0.3, 0.4) is 0 Å². The highest BCUT2D eigenvalue weighted by atomic mass is 32.1. The molecule has 0 N–H and O–H groups in total. The van der Waals surface area contributed by atoms with Crippen molar-refractivity contribution in [1.29, 1.82) is 0 Å². The van der Waals surface area contributed by atoms with Gasteiger partial charge >= 0.3 is 0 Å². The number of aliphatic imine (C=N–C) groups is 1. The van der Waals surface area contributed by atoms with Crippen LogP contribution in [-0.4, -0.2) is 12.8 Å². The fraction of sp³-hybridized carbons (Fsp3) is 0.0513. The van der Waals surface area contributed by atoms with Gasteiger partial charge in [0.15, 0.2) is 0 Å². The van der Waals surface area contributed by atoms with Gasteiger partial charge in [-0.3, -0.25) is 0 Å². The summed E-state index contributed by atoms with van der Waals surface area (Å²) in [7, 11) is 2.09. The highest BCUT2D eigenvalue weighted by molar-refractivity contribution is 7.25. The summed E-state index contributed by atoms with van der Waals surface area (Å²) in [5.41, 5.74) is 8.24. The number of nitrogens with zero attached hydrogens (tertiary/aromatic N) is 2. The van der Waals surface area contributed by atoms with Gasteiger partial charge in [-0.05, 0) is 60.5 Å². The van der Waals surface area contributed by atoms with E-state index in [9.17, 15) is 0 Å². The number of allylic oxidation sites excluding steroid dienone is 2. The zero-order valence-corrected chi connectivity index (χ0v) is 24.7. The van der Waals surface area contributed by atoms with Crippen molar-refractivity contribution in [3.8, 4) is 11.1 Å². The predicted molar refractivity (Wildman–Crippen MR) is 183 cm³/mol. The molecule has 0 saturated heterocycles. The first-order chi connectivity index (χ1) is 21.2. The first-order valence-corrected chi connectivity index (χ1v) is 15.3. The van der Waals surface area contributed by atoms with Crippen LogP contribution in [0.5, 0.6) is 0 Å². The van der Waals surface area contributed by atoms with Crippen molar-refractivity contribution >= 4 is 65.8 Å². The molecule has 0 fully saturated rings. The van der Waals surface area contributed by atoms with Crippen LogP contribution in [0.2, 0.25) is 0 Å². The summed E-state index contributed by atoms with van der Waals surface area (Å²) < 4.78 is 9.14. The molecule has 0 radical (unpaired) electrons. The van der Waals surface area contributed by atoms with Crippen molar-refractivity contribution in [2.45, 2.75) is 6.92 Å². The third-order valence-electron chi connectivity index (χ3n) is 8.19. The molecule has 0 bridgehead atoms. The number of rotatable bonds is 3. The summed E-state index contributed by atoms with van der Waals surface area (Å²) in [6, 6.07) is 40.9. The second-order valence-corrected chi connectivity index (χ2v) is 11.9. The number of benzene rings is 5. The largest absolute Gasteiger partial charge is 0.456 e. The number of hydrogen-bond donors (Lipinski definition) is 0. The molecule has 1 aliphatic heterocycles. The third kappa shape index (κ3) is 4.22. The lowest BCUT2D eigenvalue weighted by atomic mass is 9.98. The maximum atomic E-state index is 6.52. The Morgan fingerprint density at radius 3 is 2.28 bits per heavy atom. The maximum Gasteiger partial charge on any atom is 0.145 e. The van der Waals surface area contributed by atoms with Gasteiger partial charge in [0, 0.05) is 43.7 Å². The topological polar surface area (TPSA) is 28.7 Å². The SMILES string of the molecule is C\C=C/C=c1/oc2ccc(-c3ccc4sc5ccccc5c4c3)cc2/c1=C1\N=C(c2ccccc2)c2ccccc2N1C. The number of anilines is 1. The van der Waals surface area contributed by atoms with Gasteiger partial charge in [0.05, 0.1) is 16.6 Å². The smallest absolute Gasteiger partial charge is 0.145 e. The second-order valence-electron chi connectivity index (χ2n) is 10.8. The van der Waals surface area contributed by atoms with Crippen LogP contribution in [0.15, 0.2) is 137 Å². The molecule has 0 amide bonds. The number of thiophene rings is 1. The average molecular weight is 573 g/mol. The van der Waals surface area contributed by atoms with Crippen LogP contribution in [0, 0.1) is 0 Å². The normalized spacial score (nSPS) is 15.2. The Morgan fingerprint density at radius 1 is 0.698 bits per heavy atom. The summed E-state index contributed by atoms with van der Waals surface area (Å²) in [4.78, 5) is 7.55. The molecule has 7 aromatic rings. The van der Waals surface area contributed by atoms with E-state index in [-0.39, 0.29) is 0 Å². The Kier molecular flexibility index (Phi) is 6.09. The molecule has 0 spiro atoms. The lowest BCUT2D eigenvalue weighted by Gasteiger charge is -2.28. The molecule has 4 heteroatoms. The van der Waals surface area contributed by atoms with Crippen LogP contribution in [-0.2, 0) is 0 Å². The Balaban J connectivity index is 1.42. The van der Waals surface area contributed by atoms with Crippen LogP contribution >= 0.6 is 11.3 Å². The highest BCUT2D eigenvalue weighted by Crippen LogP contribution is 2.37. The number of fused-ring (bicyclic) bond motifs is 5. The van der Waals surface area contributed by atoms with E-state index in [0.717, 1.165) is 55.5 Å². The Hall–Kier alpha value is -5.19. The fourth-order valence-corrected chi connectivity index (χ4v) is 7.18. The zero-order valence-electron chi connectivity index (χ0n) is 23.9. The fourth-order valence-electron chi connectivity index (χ4n) is 6.09. The number of hydrogen-bond acceptors (Lipinski definition) is 4. The van der Waals surface area contributed by atoms with Crippen LogP contribution < -0.4 is 15.5 Å². The zero-order chi connectivity index (χ0) is 28.9. The van der Waals surface area contributed by atoms with Gasteiger partial charge < -0.3 is 9.32 Å². The van der Waals surface area contributed by atoms with Gasteiger partial charge in [0.2, 0.25) is 0 Å². The van der Waals surface area contributed by atoms with Crippen LogP contribution in [0.1, 0.15) is 18.1 Å². The van der Waals surface area contributed by atoms with E-state index >= 15 is 0 Å². The van der Waals surface area contributed by atoms with E-state index in [4.69, 9.17) is 9.41 Å². The van der Waals surface area contributed by atoms with E-state index in [1.54, 1.807) is 0 Å². The quantitative estimate of drug-likeness (QED) is 0.212. The Morgan fingerprint density at radius 2 is 1.42 bits per heavy atom. The van der Waals surface area contributed by atoms with Crippen molar-refractivity contribution < 1.29 is 4.42 Å². The minimum absolute atomic E-state index is 0.793. The van der Waals surface area contributed by atoms with Crippen LogP contribution in [0.4, 0.5) is 5.69 Å². The predicted octanol–water partition coefficient (Wildman–Crippen LogP) is 8.88. The maximum absolute atomic E-state index is 6.52. The molecule has 5 aromatic carbocycles. The molecule has 43 heavy (non-hydrogen) atoms. The Bertz CT molecular complexity index is 2370. The van der Waals surface area contributed by atoms with Gasteiger partial charge in [-0.2, -0.15) is 0 Å². The van der Waals surface area contributed by atoms with Gasteiger partial charge in [-0.15, -0.1) is 11.3 Å². The van der Waals surface area contributed by atoms with E-state index in [1.165, 1.54) is 25.7 Å². The molecular weight excluding hydrogens is 545 g/mol. The summed E-state index contributed by atoms with van der Waals surface area (Å²) in [6.07, 6.45) is 6.08. The second kappa shape index (κ2) is 10.3. The van der Waals surface area contributed by atoms with E-state index in [2.05, 4.69) is 121 Å². The Labute approximate surface area is 253 Å². The van der Waals surface area contributed by atoms with Crippen molar-refractivity contribution in [3.05, 3.63) is 149 Å². The minimum Gasteiger partial charge on any atom is -0.456 e. The summed E-state index contributed by atoms with van der Waals surface area (Å²) >= 11 is 1.84.